The number of aromatic amines is 2. The molecule has 0 aliphatic carbocycles. The Balaban J connectivity index is 1.45. The molecule has 11 nitrogen and oxygen atoms in total. The number of rotatable bonds is 3. The first-order valence-electron chi connectivity index (χ1n) is 12.6. The number of pyridine rings is 1. The molecule has 0 bridgehead atoms. The standard InChI is InChI=1S/C25H23ClF3N7O4/c26-17-7-12-6-14(22(37)34(11-25(27,28)29)10-16(12)15-9-31-33-20(15)17)19-8-13(3-5-35(19)24(39)40)36-18-2-1-4-30-21(18)32-23(36)38/h1-2,4,7,9,13-14,19H,3,5-6,8,10-11H2,(H,31,33)(H,39,40)(H,30,32,38). The zero-order valence-corrected chi connectivity index (χ0v) is 21.5. The number of carbonyl (C=O) groups excluding carboxylic acids is 1. The second-order valence-electron chi connectivity index (χ2n) is 10.2. The maximum absolute atomic E-state index is 13.9. The van der Waals surface area contributed by atoms with Crippen LogP contribution in [0.2, 0.25) is 5.02 Å². The molecular formula is C25H23ClF3N7O4. The molecule has 0 saturated carbocycles. The number of piperidine rings is 1. The number of nitrogens with one attached hydrogen (secondary N) is 2. The second-order valence-corrected chi connectivity index (χ2v) is 10.6. The summed E-state index contributed by atoms with van der Waals surface area (Å²) in [6.07, 6.45) is -2.71. The Hall–Kier alpha value is -4.07. The van der Waals surface area contributed by atoms with Gasteiger partial charge in [-0.05, 0) is 48.6 Å². The van der Waals surface area contributed by atoms with Gasteiger partial charge in [-0.1, -0.05) is 11.6 Å². The summed E-state index contributed by atoms with van der Waals surface area (Å²) < 4.78 is 42.5. The van der Waals surface area contributed by atoms with Crippen molar-refractivity contribution in [1.29, 1.82) is 0 Å². The van der Waals surface area contributed by atoms with Crippen LogP contribution >= 0.6 is 11.6 Å². The number of nitrogens with zero attached hydrogens (tertiary/aromatic N) is 5. The highest BCUT2D eigenvalue weighted by atomic mass is 35.5. The number of alkyl halides is 3. The number of likely N-dealkylation sites (tertiary alicyclic amines) is 1. The molecule has 5 heterocycles. The Morgan fingerprint density at radius 3 is 2.83 bits per heavy atom. The largest absolute Gasteiger partial charge is 0.465 e. The van der Waals surface area contributed by atoms with E-state index in [4.69, 9.17) is 11.6 Å². The summed E-state index contributed by atoms with van der Waals surface area (Å²) in [4.78, 5) is 47.7. The van der Waals surface area contributed by atoms with Crippen LogP contribution in [0.15, 0.2) is 35.4 Å². The number of hydrogen-bond acceptors (Lipinski definition) is 5. The van der Waals surface area contributed by atoms with Crippen LogP contribution < -0.4 is 5.69 Å². The summed E-state index contributed by atoms with van der Waals surface area (Å²) in [5.41, 5.74) is 1.90. The van der Waals surface area contributed by atoms with Crippen molar-refractivity contribution in [2.45, 2.75) is 44.1 Å². The predicted molar refractivity (Wildman–Crippen MR) is 137 cm³/mol. The van der Waals surface area contributed by atoms with Gasteiger partial charge in [-0.25, -0.2) is 14.6 Å². The van der Waals surface area contributed by atoms with E-state index in [9.17, 15) is 32.7 Å². The van der Waals surface area contributed by atoms with Crippen molar-refractivity contribution in [2.75, 3.05) is 13.1 Å². The van der Waals surface area contributed by atoms with Crippen molar-refractivity contribution >= 4 is 45.7 Å². The van der Waals surface area contributed by atoms with E-state index in [1.54, 1.807) is 18.2 Å². The third-order valence-corrected chi connectivity index (χ3v) is 8.16. The molecule has 3 N–H and O–H groups in total. The molecule has 1 aromatic carbocycles. The van der Waals surface area contributed by atoms with Gasteiger partial charge >= 0.3 is 18.0 Å². The van der Waals surface area contributed by atoms with Crippen LogP contribution in [0.1, 0.15) is 30.0 Å². The number of fused-ring (bicyclic) bond motifs is 4. The van der Waals surface area contributed by atoms with Crippen LogP contribution in [-0.2, 0) is 17.8 Å². The minimum Gasteiger partial charge on any atom is -0.465 e. The molecule has 2 amide bonds. The van der Waals surface area contributed by atoms with Gasteiger partial charge in [0, 0.05) is 36.8 Å². The Morgan fingerprint density at radius 1 is 1.27 bits per heavy atom. The number of carbonyl (C=O) groups is 2. The average Bonchev–Trinajstić information content (AvgIpc) is 3.48. The number of carboxylic acid groups (broad SMARTS) is 1. The van der Waals surface area contributed by atoms with Gasteiger partial charge < -0.3 is 14.9 Å². The SMILES string of the molecule is O=C1C(C2CC(n3c(=O)[nH]c4ncccc43)CCN2C(=O)O)Cc2cc(Cl)c3[nH]ncc3c2CN1CC(F)(F)F. The second kappa shape index (κ2) is 9.54. The van der Waals surface area contributed by atoms with Crippen LogP contribution in [0.5, 0.6) is 0 Å². The lowest BCUT2D eigenvalue weighted by atomic mass is 9.83. The highest BCUT2D eigenvalue weighted by Crippen LogP contribution is 2.39. The molecule has 210 valence electrons. The summed E-state index contributed by atoms with van der Waals surface area (Å²) in [5.74, 6) is -1.96. The van der Waals surface area contributed by atoms with Crippen molar-refractivity contribution in [2.24, 2.45) is 5.92 Å². The fourth-order valence-electron chi connectivity index (χ4n) is 6.18. The monoisotopic (exact) mass is 577 g/mol. The fourth-order valence-corrected chi connectivity index (χ4v) is 6.46. The third-order valence-electron chi connectivity index (χ3n) is 7.86. The lowest BCUT2D eigenvalue weighted by Crippen LogP contribution is -2.54. The Morgan fingerprint density at radius 2 is 2.08 bits per heavy atom. The molecule has 40 heavy (non-hydrogen) atoms. The van der Waals surface area contributed by atoms with Gasteiger partial charge in [-0.15, -0.1) is 0 Å². The number of imidazole rings is 1. The molecule has 2 aliphatic heterocycles. The van der Waals surface area contributed by atoms with Crippen LogP contribution in [0.25, 0.3) is 22.1 Å². The Kier molecular flexibility index (Phi) is 6.24. The van der Waals surface area contributed by atoms with Crippen molar-refractivity contribution in [1.82, 2.24) is 34.5 Å². The van der Waals surface area contributed by atoms with E-state index >= 15 is 0 Å². The van der Waals surface area contributed by atoms with Crippen molar-refractivity contribution in [3.63, 3.8) is 0 Å². The molecule has 15 heteroatoms. The summed E-state index contributed by atoms with van der Waals surface area (Å²) >= 11 is 6.44. The van der Waals surface area contributed by atoms with Gasteiger partial charge in [0.2, 0.25) is 5.91 Å². The van der Waals surface area contributed by atoms with E-state index in [0.717, 1.165) is 9.80 Å². The van der Waals surface area contributed by atoms with Crippen molar-refractivity contribution in [3.8, 4) is 0 Å². The van der Waals surface area contributed by atoms with E-state index in [-0.39, 0.29) is 37.4 Å². The molecule has 1 fully saturated rings. The first-order chi connectivity index (χ1) is 19.0. The maximum atomic E-state index is 13.9. The van der Waals surface area contributed by atoms with Gasteiger partial charge in [-0.3, -0.25) is 19.4 Å². The number of halogens is 4. The molecule has 3 atom stereocenters. The molecule has 2 aliphatic rings. The Labute approximate surface area is 228 Å². The van der Waals surface area contributed by atoms with Gasteiger partial charge in [0.25, 0.3) is 0 Å². The normalized spacial score (nSPS) is 22.1. The summed E-state index contributed by atoms with van der Waals surface area (Å²) in [6.45, 7) is -1.85. The summed E-state index contributed by atoms with van der Waals surface area (Å²) in [5, 5.41) is 17.5. The topological polar surface area (TPSA) is 140 Å². The highest BCUT2D eigenvalue weighted by molar-refractivity contribution is 6.35. The molecule has 4 aromatic rings. The highest BCUT2D eigenvalue weighted by Gasteiger charge is 2.46. The number of H-pyrrole nitrogens is 2. The maximum Gasteiger partial charge on any atom is 0.407 e. The minimum atomic E-state index is -4.68. The first-order valence-corrected chi connectivity index (χ1v) is 12.9. The van der Waals surface area contributed by atoms with E-state index in [2.05, 4.69) is 20.2 Å². The summed E-state index contributed by atoms with van der Waals surface area (Å²) in [7, 11) is 0. The molecule has 0 spiro atoms. The zero-order valence-electron chi connectivity index (χ0n) is 20.8. The summed E-state index contributed by atoms with van der Waals surface area (Å²) in [6, 6.07) is 3.44. The first kappa shape index (κ1) is 26.2. The van der Waals surface area contributed by atoms with E-state index in [1.165, 1.54) is 17.0 Å². The molecule has 0 radical (unpaired) electrons. The fraction of sp³-hybridized carbons (Fsp3) is 0.400. The van der Waals surface area contributed by atoms with E-state index < -0.39 is 48.4 Å². The zero-order chi connectivity index (χ0) is 28.3. The lowest BCUT2D eigenvalue weighted by Gasteiger charge is -2.42. The number of amides is 2. The van der Waals surface area contributed by atoms with Crippen LogP contribution in [-0.4, -0.2) is 76.9 Å². The van der Waals surface area contributed by atoms with Crippen LogP contribution in [0, 0.1) is 5.92 Å². The number of benzene rings is 1. The van der Waals surface area contributed by atoms with Crippen molar-refractivity contribution in [3.05, 3.63) is 57.2 Å². The van der Waals surface area contributed by atoms with Gasteiger partial charge in [0.15, 0.2) is 5.65 Å². The average molecular weight is 578 g/mol. The minimum absolute atomic E-state index is 0.0124. The molecule has 6 rings (SSSR count). The van der Waals surface area contributed by atoms with E-state index in [1.807, 2.05) is 0 Å². The van der Waals surface area contributed by atoms with Crippen LogP contribution in [0.3, 0.4) is 0 Å². The lowest BCUT2D eigenvalue weighted by molar-refractivity contribution is -0.166. The predicted octanol–water partition coefficient (Wildman–Crippen LogP) is 3.70. The number of aromatic nitrogens is 5. The Bertz CT molecular complexity index is 1700. The molecule has 3 aromatic heterocycles. The van der Waals surface area contributed by atoms with Crippen molar-refractivity contribution < 1.29 is 27.9 Å². The third kappa shape index (κ3) is 4.45. The number of hydrogen-bond donors (Lipinski definition) is 3. The molecular weight excluding hydrogens is 555 g/mol. The smallest absolute Gasteiger partial charge is 0.407 e. The molecule has 1 saturated heterocycles. The van der Waals surface area contributed by atoms with Gasteiger partial charge in [-0.2, -0.15) is 18.3 Å². The van der Waals surface area contributed by atoms with Gasteiger partial charge in [0.05, 0.1) is 28.2 Å². The molecule has 3 unspecified atom stereocenters. The van der Waals surface area contributed by atoms with E-state index in [0.29, 0.717) is 33.2 Å². The van der Waals surface area contributed by atoms with Crippen LogP contribution in [0.4, 0.5) is 18.0 Å². The van der Waals surface area contributed by atoms with Gasteiger partial charge in [0.1, 0.15) is 6.54 Å². The quantitative estimate of drug-likeness (QED) is 0.339.